The molecule has 86 valence electrons. The molecule has 0 aliphatic heterocycles. The fraction of sp³-hybridized carbons (Fsp3) is 0.667. The van der Waals surface area contributed by atoms with E-state index in [0.717, 1.165) is 12.2 Å². The normalized spacial score (nSPS) is 15.2. The number of aryl methyl sites for hydroxylation is 1. The highest BCUT2D eigenvalue weighted by molar-refractivity contribution is 5.18. The predicted molar refractivity (Wildman–Crippen MR) is 62.2 cm³/mol. The van der Waals surface area contributed by atoms with Crippen molar-refractivity contribution < 1.29 is 4.42 Å². The van der Waals surface area contributed by atoms with E-state index in [9.17, 15) is 0 Å². The van der Waals surface area contributed by atoms with Gasteiger partial charge in [0.05, 0.1) is 12.3 Å². The lowest BCUT2D eigenvalue weighted by atomic mass is 9.95. The fourth-order valence-electron chi connectivity index (χ4n) is 2.01. The third-order valence-electron chi connectivity index (χ3n) is 2.84. The summed E-state index contributed by atoms with van der Waals surface area (Å²) < 4.78 is 5.45. The third kappa shape index (κ3) is 3.36. The van der Waals surface area contributed by atoms with Gasteiger partial charge in [0.2, 0.25) is 0 Å². The van der Waals surface area contributed by atoms with Crippen LogP contribution in [0.25, 0.3) is 0 Å². The minimum absolute atomic E-state index is 0.140. The monoisotopic (exact) mass is 210 g/mol. The fourth-order valence-corrected chi connectivity index (χ4v) is 2.01. The Balaban J connectivity index is 2.60. The smallest absolute Gasteiger partial charge is 0.124 e. The summed E-state index contributed by atoms with van der Waals surface area (Å²) in [5, 5.41) is 0. The highest BCUT2D eigenvalue weighted by atomic mass is 16.3. The van der Waals surface area contributed by atoms with Crippen LogP contribution in [0.5, 0.6) is 0 Å². The molecule has 0 bridgehead atoms. The van der Waals surface area contributed by atoms with Gasteiger partial charge in [0.1, 0.15) is 5.76 Å². The molecular weight excluding hydrogens is 188 g/mol. The second-order valence-electron chi connectivity index (χ2n) is 4.32. The van der Waals surface area contributed by atoms with Gasteiger partial charge < -0.3 is 4.42 Å². The molecule has 1 rings (SSSR count). The predicted octanol–water partition coefficient (Wildman–Crippen LogP) is 2.92. The van der Waals surface area contributed by atoms with Crippen LogP contribution in [0.1, 0.15) is 50.5 Å². The number of nitrogens with two attached hydrogens (primary N) is 1. The maximum absolute atomic E-state index is 5.57. The molecule has 1 aromatic rings. The van der Waals surface area contributed by atoms with E-state index in [-0.39, 0.29) is 6.04 Å². The number of hydrazine groups is 1. The summed E-state index contributed by atoms with van der Waals surface area (Å²) in [5.74, 6) is 7.21. The van der Waals surface area contributed by atoms with Gasteiger partial charge in [0.15, 0.2) is 0 Å². The first kappa shape index (κ1) is 12.3. The Kier molecular flexibility index (Phi) is 4.85. The average Bonchev–Trinajstić information content (AvgIpc) is 2.61. The Labute approximate surface area is 92.0 Å². The van der Waals surface area contributed by atoms with E-state index in [0.29, 0.717) is 5.92 Å². The first-order chi connectivity index (χ1) is 7.19. The maximum atomic E-state index is 5.57. The van der Waals surface area contributed by atoms with Crippen LogP contribution in [0.2, 0.25) is 0 Å². The lowest BCUT2D eigenvalue weighted by Gasteiger charge is -2.18. The zero-order valence-corrected chi connectivity index (χ0v) is 9.92. The number of hydrogen-bond donors (Lipinski definition) is 2. The van der Waals surface area contributed by atoms with Gasteiger partial charge in [-0.15, -0.1) is 0 Å². The van der Waals surface area contributed by atoms with Gasteiger partial charge in [0, 0.05) is 0 Å². The van der Waals surface area contributed by atoms with Crippen LogP contribution < -0.4 is 11.3 Å². The molecule has 3 heteroatoms. The molecule has 0 aliphatic carbocycles. The van der Waals surface area contributed by atoms with Gasteiger partial charge in [-0.25, -0.2) is 5.43 Å². The standard InChI is InChI=1S/C12H22N2O/c1-4-5-9(2)8-11(14-13)12-10(3)6-7-15-12/h6-7,9,11,14H,4-5,8,13H2,1-3H3. The van der Waals surface area contributed by atoms with E-state index in [1.54, 1.807) is 6.26 Å². The number of hydrogen-bond acceptors (Lipinski definition) is 3. The van der Waals surface area contributed by atoms with Crippen molar-refractivity contribution in [1.82, 2.24) is 5.43 Å². The summed E-state index contributed by atoms with van der Waals surface area (Å²) in [5.41, 5.74) is 4.01. The van der Waals surface area contributed by atoms with Crippen LogP contribution in [0.15, 0.2) is 16.7 Å². The van der Waals surface area contributed by atoms with Gasteiger partial charge in [-0.05, 0) is 30.9 Å². The molecule has 3 N–H and O–H groups in total. The zero-order valence-electron chi connectivity index (χ0n) is 9.92. The Morgan fingerprint density at radius 1 is 1.53 bits per heavy atom. The van der Waals surface area contributed by atoms with E-state index in [2.05, 4.69) is 19.3 Å². The molecule has 15 heavy (non-hydrogen) atoms. The molecule has 0 aromatic carbocycles. The van der Waals surface area contributed by atoms with Crippen LogP contribution in [-0.2, 0) is 0 Å². The van der Waals surface area contributed by atoms with Crippen LogP contribution in [0.3, 0.4) is 0 Å². The summed E-state index contributed by atoms with van der Waals surface area (Å²) in [6.07, 6.45) is 5.20. The molecule has 2 atom stereocenters. The Bertz CT molecular complexity index is 283. The largest absolute Gasteiger partial charge is 0.467 e. The molecule has 3 nitrogen and oxygen atoms in total. The maximum Gasteiger partial charge on any atom is 0.124 e. The minimum Gasteiger partial charge on any atom is -0.467 e. The first-order valence-electron chi connectivity index (χ1n) is 5.69. The van der Waals surface area contributed by atoms with Crippen molar-refractivity contribution in [3.8, 4) is 0 Å². The zero-order chi connectivity index (χ0) is 11.3. The van der Waals surface area contributed by atoms with Crippen molar-refractivity contribution in [2.45, 2.75) is 46.1 Å². The Hall–Kier alpha value is -0.800. The van der Waals surface area contributed by atoms with Crippen molar-refractivity contribution in [3.63, 3.8) is 0 Å². The molecule has 0 saturated carbocycles. The highest BCUT2D eigenvalue weighted by Gasteiger charge is 2.18. The highest BCUT2D eigenvalue weighted by Crippen LogP contribution is 2.26. The first-order valence-corrected chi connectivity index (χ1v) is 5.69. The number of rotatable bonds is 6. The van der Waals surface area contributed by atoms with Crippen LogP contribution in [-0.4, -0.2) is 0 Å². The molecule has 2 unspecified atom stereocenters. The Morgan fingerprint density at radius 2 is 2.27 bits per heavy atom. The third-order valence-corrected chi connectivity index (χ3v) is 2.84. The topological polar surface area (TPSA) is 51.2 Å². The van der Waals surface area contributed by atoms with Gasteiger partial charge in [-0.3, -0.25) is 5.84 Å². The number of nitrogens with one attached hydrogen (secondary N) is 1. The molecule has 0 spiro atoms. The lowest BCUT2D eigenvalue weighted by Crippen LogP contribution is -2.29. The molecule has 0 fully saturated rings. The van der Waals surface area contributed by atoms with Gasteiger partial charge in [-0.1, -0.05) is 26.7 Å². The van der Waals surface area contributed by atoms with E-state index < -0.39 is 0 Å². The molecule has 0 aliphatic rings. The van der Waals surface area contributed by atoms with Gasteiger partial charge >= 0.3 is 0 Å². The summed E-state index contributed by atoms with van der Waals surface area (Å²) in [6, 6.07) is 2.12. The van der Waals surface area contributed by atoms with E-state index in [1.165, 1.54) is 18.4 Å². The van der Waals surface area contributed by atoms with Crippen molar-refractivity contribution in [2.24, 2.45) is 11.8 Å². The minimum atomic E-state index is 0.140. The lowest BCUT2D eigenvalue weighted by molar-refractivity contribution is 0.342. The van der Waals surface area contributed by atoms with E-state index in [1.807, 2.05) is 13.0 Å². The summed E-state index contributed by atoms with van der Waals surface area (Å²) in [4.78, 5) is 0. The molecule has 0 amide bonds. The van der Waals surface area contributed by atoms with Crippen LogP contribution in [0, 0.1) is 12.8 Å². The number of furan rings is 1. The molecule has 1 heterocycles. The van der Waals surface area contributed by atoms with Crippen molar-refractivity contribution >= 4 is 0 Å². The van der Waals surface area contributed by atoms with Crippen LogP contribution in [0.4, 0.5) is 0 Å². The molecule has 0 radical (unpaired) electrons. The van der Waals surface area contributed by atoms with Crippen LogP contribution >= 0.6 is 0 Å². The quantitative estimate of drug-likeness (QED) is 0.560. The van der Waals surface area contributed by atoms with Gasteiger partial charge in [-0.2, -0.15) is 0 Å². The summed E-state index contributed by atoms with van der Waals surface area (Å²) in [6.45, 7) is 6.51. The van der Waals surface area contributed by atoms with Crippen molar-refractivity contribution in [1.29, 1.82) is 0 Å². The second-order valence-corrected chi connectivity index (χ2v) is 4.32. The van der Waals surface area contributed by atoms with E-state index >= 15 is 0 Å². The van der Waals surface area contributed by atoms with Crippen molar-refractivity contribution in [2.75, 3.05) is 0 Å². The molecule has 0 saturated heterocycles. The SMILES string of the molecule is CCCC(C)CC(NN)c1occc1C. The van der Waals surface area contributed by atoms with Crippen molar-refractivity contribution in [3.05, 3.63) is 23.7 Å². The Morgan fingerprint density at radius 3 is 2.73 bits per heavy atom. The molecular formula is C12H22N2O. The molecule has 1 aromatic heterocycles. The summed E-state index contributed by atoms with van der Waals surface area (Å²) in [7, 11) is 0. The average molecular weight is 210 g/mol. The summed E-state index contributed by atoms with van der Waals surface area (Å²) >= 11 is 0. The van der Waals surface area contributed by atoms with Gasteiger partial charge in [0.25, 0.3) is 0 Å². The van der Waals surface area contributed by atoms with E-state index in [4.69, 9.17) is 10.3 Å². The second kappa shape index (κ2) is 5.93.